The minimum absolute atomic E-state index is 0.120. The van der Waals surface area contributed by atoms with E-state index in [1.807, 2.05) is 30.3 Å². The highest BCUT2D eigenvalue weighted by molar-refractivity contribution is 6.01. The molecule has 1 unspecified atom stereocenters. The van der Waals surface area contributed by atoms with Gasteiger partial charge in [-0.3, -0.25) is 19.8 Å². The van der Waals surface area contributed by atoms with Gasteiger partial charge in [0.25, 0.3) is 0 Å². The van der Waals surface area contributed by atoms with E-state index in [0.717, 1.165) is 17.7 Å². The van der Waals surface area contributed by atoms with Gasteiger partial charge in [0.15, 0.2) is 11.6 Å². The molecule has 3 heterocycles. The van der Waals surface area contributed by atoms with Gasteiger partial charge in [-0.25, -0.2) is 13.6 Å². The van der Waals surface area contributed by atoms with E-state index in [0.29, 0.717) is 45.6 Å². The summed E-state index contributed by atoms with van der Waals surface area (Å²) in [4.78, 5) is 41.1. The first kappa shape index (κ1) is 28.7. The summed E-state index contributed by atoms with van der Waals surface area (Å²) in [7, 11) is 0. The van der Waals surface area contributed by atoms with Crippen LogP contribution in [0.3, 0.4) is 0 Å². The van der Waals surface area contributed by atoms with Crippen LogP contribution in [0.1, 0.15) is 31.2 Å². The summed E-state index contributed by atoms with van der Waals surface area (Å²) in [6.45, 7) is 3.35. The Morgan fingerprint density at radius 2 is 1.68 bits per heavy atom. The lowest BCUT2D eigenvalue weighted by Gasteiger charge is -2.43. The maximum absolute atomic E-state index is 15.0. The van der Waals surface area contributed by atoms with Crippen LogP contribution in [0.15, 0.2) is 42.5 Å². The third kappa shape index (κ3) is 7.12. The van der Waals surface area contributed by atoms with E-state index in [9.17, 15) is 19.5 Å². The third-order valence-corrected chi connectivity index (χ3v) is 7.96. The van der Waals surface area contributed by atoms with Gasteiger partial charge in [-0.1, -0.05) is 30.3 Å². The van der Waals surface area contributed by atoms with Crippen LogP contribution in [-0.2, 0) is 20.9 Å². The molecule has 3 amide bonds. The van der Waals surface area contributed by atoms with Gasteiger partial charge in [-0.15, -0.1) is 0 Å². The fourth-order valence-corrected chi connectivity index (χ4v) is 5.60. The molecular formula is C29H35F2N5O5. The highest BCUT2D eigenvalue weighted by Crippen LogP contribution is 2.33. The van der Waals surface area contributed by atoms with Crippen LogP contribution in [0.2, 0.25) is 0 Å². The van der Waals surface area contributed by atoms with Crippen LogP contribution in [0.4, 0.5) is 25.0 Å². The molecule has 0 aromatic heterocycles. The van der Waals surface area contributed by atoms with Gasteiger partial charge >= 0.3 is 6.09 Å². The van der Waals surface area contributed by atoms with E-state index in [-0.39, 0.29) is 55.9 Å². The molecule has 5 rings (SSSR count). The van der Waals surface area contributed by atoms with Crippen molar-refractivity contribution in [2.45, 2.75) is 43.9 Å². The van der Waals surface area contributed by atoms with Crippen molar-refractivity contribution >= 4 is 29.3 Å². The smallest absolute Gasteiger partial charge is 0.410 e. The molecule has 220 valence electrons. The number of rotatable bonds is 7. The van der Waals surface area contributed by atoms with E-state index in [4.69, 9.17) is 4.74 Å². The first-order valence-electron chi connectivity index (χ1n) is 13.9. The van der Waals surface area contributed by atoms with Crippen molar-refractivity contribution in [1.29, 1.82) is 0 Å². The SMILES string of the molecule is O=C1CCC(Nc2cc(F)c(N3CCC(O)(CN4CCN(C(=O)OCc5ccccc5)CC4)CC3)c(F)c2)C(=O)N1. The molecule has 0 saturated carbocycles. The molecule has 0 aliphatic carbocycles. The second-order valence-electron chi connectivity index (χ2n) is 11.0. The third-order valence-electron chi connectivity index (χ3n) is 7.96. The Bertz CT molecular complexity index is 1240. The van der Waals surface area contributed by atoms with E-state index in [1.165, 1.54) is 0 Å². The number of imide groups is 1. The first-order valence-corrected chi connectivity index (χ1v) is 13.9. The van der Waals surface area contributed by atoms with Crippen molar-refractivity contribution in [2.75, 3.05) is 56.0 Å². The van der Waals surface area contributed by atoms with E-state index < -0.39 is 29.2 Å². The van der Waals surface area contributed by atoms with E-state index in [2.05, 4.69) is 15.5 Å². The predicted molar refractivity (Wildman–Crippen MR) is 147 cm³/mol. The molecule has 2 aromatic rings. The van der Waals surface area contributed by atoms with Gasteiger partial charge in [0, 0.05) is 57.9 Å². The van der Waals surface area contributed by atoms with Crippen LogP contribution in [0.25, 0.3) is 0 Å². The molecule has 3 aliphatic rings. The second kappa shape index (κ2) is 12.4. The fraction of sp³-hybridized carbons (Fsp3) is 0.483. The number of nitrogens with one attached hydrogen (secondary N) is 2. The summed E-state index contributed by atoms with van der Waals surface area (Å²) in [6.07, 6.45) is 0.708. The number of piperazine rings is 1. The minimum Gasteiger partial charge on any atom is -0.445 e. The Balaban J connectivity index is 1.09. The molecule has 0 spiro atoms. The van der Waals surface area contributed by atoms with Crippen LogP contribution in [0.5, 0.6) is 0 Å². The number of carbonyl (C=O) groups is 3. The van der Waals surface area contributed by atoms with E-state index >= 15 is 8.78 Å². The lowest BCUT2D eigenvalue weighted by atomic mass is 9.90. The van der Waals surface area contributed by atoms with Crippen molar-refractivity contribution in [1.82, 2.24) is 15.1 Å². The molecule has 3 aliphatic heterocycles. The van der Waals surface area contributed by atoms with E-state index in [1.54, 1.807) is 9.80 Å². The van der Waals surface area contributed by atoms with Crippen molar-refractivity contribution in [3.05, 3.63) is 59.7 Å². The monoisotopic (exact) mass is 571 g/mol. The number of piperidine rings is 2. The number of nitrogens with zero attached hydrogens (tertiary/aromatic N) is 3. The Morgan fingerprint density at radius 3 is 2.32 bits per heavy atom. The number of ether oxygens (including phenoxy) is 1. The predicted octanol–water partition coefficient (Wildman–Crippen LogP) is 2.47. The largest absolute Gasteiger partial charge is 0.445 e. The Hall–Kier alpha value is -3.77. The van der Waals surface area contributed by atoms with Gasteiger partial charge in [0.2, 0.25) is 11.8 Å². The summed E-state index contributed by atoms with van der Waals surface area (Å²) in [5, 5.41) is 16.3. The molecule has 2 aromatic carbocycles. The molecule has 0 radical (unpaired) electrons. The van der Waals surface area contributed by atoms with Gasteiger partial charge in [0.1, 0.15) is 18.3 Å². The van der Waals surface area contributed by atoms with Crippen molar-refractivity contribution < 1.29 is 33.0 Å². The molecule has 0 bridgehead atoms. The van der Waals surface area contributed by atoms with Gasteiger partial charge in [-0.2, -0.15) is 0 Å². The second-order valence-corrected chi connectivity index (χ2v) is 11.0. The lowest BCUT2D eigenvalue weighted by Crippen LogP contribution is -2.56. The average molecular weight is 572 g/mol. The Morgan fingerprint density at radius 1 is 1.02 bits per heavy atom. The molecular weight excluding hydrogens is 536 g/mol. The number of benzene rings is 2. The van der Waals surface area contributed by atoms with Gasteiger partial charge in [-0.05, 0) is 37.0 Å². The van der Waals surface area contributed by atoms with Crippen LogP contribution in [-0.4, -0.2) is 90.3 Å². The molecule has 12 heteroatoms. The minimum atomic E-state index is -1.01. The zero-order valence-electron chi connectivity index (χ0n) is 22.8. The lowest BCUT2D eigenvalue weighted by molar-refractivity contribution is -0.133. The average Bonchev–Trinajstić information content (AvgIpc) is 2.95. The topological polar surface area (TPSA) is 114 Å². The summed E-state index contributed by atoms with van der Waals surface area (Å²) in [5.74, 6) is -2.42. The van der Waals surface area contributed by atoms with Crippen LogP contribution < -0.4 is 15.5 Å². The summed E-state index contributed by atoms with van der Waals surface area (Å²) < 4.78 is 35.5. The zero-order valence-corrected chi connectivity index (χ0v) is 22.8. The first-order chi connectivity index (χ1) is 19.7. The van der Waals surface area contributed by atoms with Gasteiger partial charge < -0.3 is 25.0 Å². The normalized spacial score (nSPS) is 21.4. The Labute approximate surface area is 237 Å². The molecule has 3 fully saturated rings. The zero-order chi connectivity index (χ0) is 29.0. The highest BCUT2D eigenvalue weighted by atomic mass is 19.1. The van der Waals surface area contributed by atoms with Crippen LogP contribution >= 0.6 is 0 Å². The number of amides is 3. The highest BCUT2D eigenvalue weighted by Gasteiger charge is 2.37. The van der Waals surface area contributed by atoms with Crippen molar-refractivity contribution in [3.63, 3.8) is 0 Å². The number of halogens is 2. The summed E-state index contributed by atoms with van der Waals surface area (Å²) >= 11 is 0. The summed E-state index contributed by atoms with van der Waals surface area (Å²) in [6, 6.07) is 11.0. The Kier molecular flexibility index (Phi) is 8.69. The van der Waals surface area contributed by atoms with Gasteiger partial charge in [0.05, 0.1) is 5.60 Å². The maximum Gasteiger partial charge on any atom is 0.410 e. The van der Waals surface area contributed by atoms with Crippen molar-refractivity contribution in [2.24, 2.45) is 0 Å². The number of hydrogen-bond donors (Lipinski definition) is 3. The number of anilines is 2. The molecule has 41 heavy (non-hydrogen) atoms. The van der Waals surface area contributed by atoms with Crippen LogP contribution in [0, 0.1) is 11.6 Å². The molecule has 1 atom stereocenters. The fourth-order valence-electron chi connectivity index (χ4n) is 5.60. The summed E-state index contributed by atoms with van der Waals surface area (Å²) in [5.41, 5.74) is -0.127. The molecule has 3 N–H and O–H groups in total. The number of carbonyl (C=O) groups excluding carboxylic acids is 3. The molecule has 3 saturated heterocycles. The maximum atomic E-state index is 15.0. The number of hydrogen-bond acceptors (Lipinski definition) is 8. The quantitative estimate of drug-likeness (QED) is 0.435. The number of aliphatic hydroxyl groups is 1. The van der Waals surface area contributed by atoms with Crippen molar-refractivity contribution in [3.8, 4) is 0 Å². The number of β-amino-alcohol motifs (C(OH)–C–C–N with tert-alkyl or cyclic N) is 1. The molecule has 10 nitrogen and oxygen atoms in total. The standard InChI is InChI=1S/C29H35F2N5O5/c30-22-16-21(32-24-6-7-25(37)33-27(24)38)17-23(31)26(22)35-10-8-29(40,9-11-35)19-34-12-14-36(15-13-34)28(39)41-18-20-4-2-1-3-5-20/h1-5,16-17,24,32,40H,6-15,18-19H2,(H,33,37,38).